The maximum absolute atomic E-state index is 14.0. The van der Waals surface area contributed by atoms with E-state index in [-0.39, 0.29) is 29.1 Å². The molecule has 4 N–H and O–H groups in total. The zero-order valence-corrected chi connectivity index (χ0v) is 22.2. The molecule has 2 aromatic carbocycles. The molecule has 1 aliphatic rings. The number of aromatic amines is 1. The van der Waals surface area contributed by atoms with E-state index in [0.29, 0.717) is 30.0 Å². The number of pyridine rings is 1. The Hall–Kier alpha value is -5.26. The summed E-state index contributed by atoms with van der Waals surface area (Å²) in [5.41, 5.74) is 10.9. The number of hydrogen-bond acceptors (Lipinski definition) is 6. The minimum atomic E-state index is -0.851. The van der Waals surface area contributed by atoms with E-state index < -0.39 is 17.4 Å². The number of ketones is 1. The number of carbonyl (C=O) groups is 2. The summed E-state index contributed by atoms with van der Waals surface area (Å²) < 4.78 is 34.7. The molecule has 41 heavy (non-hydrogen) atoms. The number of halogens is 2. The van der Waals surface area contributed by atoms with Crippen LogP contribution in [0.4, 0.5) is 19.4 Å². The van der Waals surface area contributed by atoms with Gasteiger partial charge in [0.25, 0.3) is 0 Å². The first kappa shape index (κ1) is 26.0. The lowest BCUT2D eigenvalue weighted by molar-refractivity contribution is 0.103. The highest BCUT2D eigenvalue weighted by Gasteiger charge is 2.24. The number of nitrogens with two attached hydrogens (primary N) is 1. The van der Waals surface area contributed by atoms with Gasteiger partial charge in [0.1, 0.15) is 5.82 Å². The van der Waals surface area contributed by atoms with Crippen LogP contribution < -0.4 is 15.8 Å². The number of benzene rings is 2. The summed E-state index contributed by atoms with van der Waals surface area (Å²) >= 11 is 0. The molecule has 1 aliphatic heterocycles. The molecule has 3 aromatic heterocycles. The van der Waals surface area contributed by atoms with E-state index in [1.165, 1.54) is 29.2 Å². The Kier molecular flexibility index (Phi) is 6.37. The Balaban J connectivity index is 1.26. The summed E-state index contributed by atoms with van der Waals surface area (Å²) in [5, 5.41) is 7.84. The smallest absolute Gasteiger partial charge is 0.317 e. The van der Waals surface area contributed by atoms with Gasteiger partial charge in [-0.2, -0.15) is 5.10 Å². The first-order valence-electron chi connectivity index (χ1n) is 12.8. The third kappa shape index (κ3) is 4.62. The average molecular weight is 558 g/mol. The SMILES string of the molecule is CNC(=O)N1CCc2cc3cc(C(=O)c4cnn(-c5cnc(Oc6c(F)cccc6F)cc5C)c4N)[nH]c3cc2C1. The second kappa shape index (κ2) is 10.0. The number of carbonyl (C=O) groups excluding carboxylic acids is 2. The number of nitrogens with one attached hydrogen (secondary N) is 2. The van der Waals surface area contributed by atoms with Gasteiger partial charge >= 0.3 is 6.03 Å². The van der Waals surface area contributed by atoms with Gasteiger partial charge in [-0.15, -0.1) is 0 Å². The van der Waals surface area contributed by atoms with Crippen molar-refractivity contribution in [1.82, 2.24) is 30.0 Å². The van der Waals surface area contributed by atoms with Gasteiger partial charge in [0.2, 0.25) is 17.4 Å². The zero-order chi connectivity index (χ0) is 28.8. The van der Waals surface area contributed by atoms with Crippen LogP contribution in [0.5, 0.6) is 11.6 Å². The summed E-state index contributed by atoms with van der Waals surface area (Å²) in [6, 6.07) is 10.6. The lowest BCUT2D eigenvalue weighted by atomic mass is 9.98. The van der Waals surface area contributed by atoms with Crippen molar-refractivity contribution in [2.45, 2.75) is 19.9 Å². The number of H-pyrrole nitrogens is 1. The van der Waals surface area contributed by atoms with E-state index in [1.54, 1.807) is 24.9 Å². The van der Waals surface area contributed by atoms with E-state index in [2.05, 4.69) is 20.4 Å². The van der Waals surface area contributed by atoms with Gasteiger partial charge in [-0.05, 0) is 60.4 Å². The van der Waals surface area contributed by atoms with Crippen molar-refractivity contribution < 1.29 is 23.1 Å². The number of nitrogens with zero attached hydrogens (tertiary/aromatic N) is 4. The molecule has 2 amide bonds. The van der Waals surface area contributed by atoms with Crippen LogP contribution in [-0.4, -0.2) is 50.1 Å². The number of amides is 2. The molecular weight excluding hydrogens is 532 g/mol. The highest BCUT2D eigenvalue weighted by molar-refractivity contribution is 6.12. The summed E-state index contributed by atoms with van der Waals surface area (Å²) in [6.07, 6.45) is 3.50. The number of nitrogen functional groups attached to an aromatic ring is 1. The van der Waals surface area contributed by atoms with Crippen LogP contribution in [0.25, 0.3) is 16.6 Å². The van der Waals surface area contributed by atoms with Gasteiger partial charge in [0, 0.05) is 37.1 Å². The number of aromatic nitrogens is 4. The van der Waals surface area contributed by atoms with Crippen LogP contribution in [-0.2, 0) is 13.0 Å². The molecule has 208 valence electrons. The summed E-state index contributed by atoms with van der Waals surface area (Å²) in [4.78, 5) is 34.6. The number of hydrogen-bond donors (Lipinski definition) is 3. The minimum Gasteiger partial charge on any atom is -0.433 e. The van der Waals surface area contributed by atoms with E-state index in [1.807, 2.05) is 12.1 Å². The molecule has 0 radical (unpaired) electrons. The molecule has 6 rings (SSSR count). The van der Waals surface area contributed by atoms with Crippen LogP contribution in [0.2, 0.25) is 0 Å². The van der Waals surface area contributed by atoms with Crippen LogP contribution in [0.3, 0.4) is 0 Å². The number of para-hydroxylation sites is 1. The van der Waals surface area contributed by atoms with Gasteiger partial charge in [0.15, 0.2) is 11.6 Å². The van der Waals surface area contributed by atoms with Gasteiger partial charge in [0.05, 0.1) is 29.3 Å². The maximum atomic E-state index is 14.0. The number of urea groups is 1. The number of fused-ring (bicyclic) bond motifs is 2. The summed E-state index contributed by atoms with van der Waals surface area (Å²) in [7, 11) is 1.61. The third-order valence-electron chi connectivity index (χ3n) is 7.16. The number of aryl methyl sites for hydroxylation is 1. The second-order valence-electron chi connectivity index (χ2n) is 9.76. The van der Waals surface area contributed by atoms with Crippen LogP contribution in [0, 0.1) is 18.6 Å². The monoisotopic (exact) mass is 557 g/mol. The molecule has 0 spiro atoms. The second-order valence-corrected chi connectivity index (χ2v) is 9.76. The lowest BCUT2D eigenvalue weighted by Gasteiger charge is -2.28. The molecule has 10 nitrogen and oxygen atoms in total. The van der Waals surface area contributed by atoms with Crippen LogP contribution >= 0.6 is 0 Å². The predicted molar refractivity (Wildman–Crippen MR) is 147 cm³/mol. The molecule has 0 fully saturated rings. The molecule has 0 atom stereocenters. The van der Waals surface area contributed by atoms with Crippen molar-refractivity contribution in [2.24, 2.45) is 0 Å². The highest BCUT2D eigenvalue weighted by atomic mass is 19.1. The fourth-order valence-corrected chi connectivity index (χ4v) is 5.00. The van der Waals surface area contributed by atoms with Crippen LogP contribution in [0.1, 0.15) is 32.7 Å². The molecule has 0 aliphatic carbocycles. The zero-order valence-electron chi connectivity index (χ0n) is 22.2. The Labute approximate surface area is 232 Å². The maximum Gasteiger partial charge on any atom is 0.317 e. The van der Waals surface area contributed by atoms with Crippen molar-refractivity contribution in [3.8, 4) is 17.3 Å². The van der Waals surface area contributed by atoms with E-state index in [0.717, 1.165) is 40.6 Å². The van der Waals surface area contributed by atoms with Crippen LogP contribution in [0.15, 0.2) is 54.9 Å². The molecule has 12 heteroatoms. The molecule has 0 unspecified atom stereocenters. The molecule has 0 bridgehead atoms. The van der Waals surface area contributed by atoms with Crippen molar-refractivity contribution in [2.75, 3.05) is 19.3 Å². The van der Waals surface area contributed by atoms with E-state index in [4.69, 9.17) is 10.5 Å². The highest BCUT2D eigenvalue weighted by Crippen LogP contribution is 2.30. The first-order chi connectivity index (χ1) is 19.7. The average Bonchev–Trinajstić information content (AvgIpc) is 3.55. The van der Waals surface area contributed by atoms with Crippen molar-refractivity contribution in [3.63, 3.8) is 0 Å². The number of anilines is 1. The fraction of sp³-hybridized carbons (Fsp3) is 0.172. The molecule has 0 saturated carbocycles. The normalized spacial score (nSPS) is 12.8. The Morgan fingerprint density at radius 3 is 2.61 bits per heavy atom. The molecular formula is C29H25F2N7O3. The first-order valence-corrected chi connectivity index (χ1v) is 12.8. The Morgan fingerprint density at radius 1 is 1.10 bits per heavy atom. The summed E-state index contributed by atoms with van der Waals surface area (Å²) in [5.74, 6) is -2.51. The van der Waals surface area contributed by atoms with Gasteiger partial charge in [-0.1, -0.05) is 6.07 Å². The largest absolute Gasteiger partial charge is 0.433 e. The number of ether oxygens (including phenoxy) is 1. The minimum absolute atomic E-state index is 0.0171. The van der Waals surface area contributed by atoms with Crippen molar-refractivity contribution in [3.05, 3.63) is 94.4 Å². The standard InChI is InChI=1S/C29H25F2N7O3/c1-15-8-25(41-27-20(30)4-3-5-21(27)31)34-13-24(15)38-28(32)19(12-35-38)26(39)23-10-17-9-16-6-7-37(29(40)33-2)14-18(16)11-22(17)36-23/h3-5,8-13,36H,6-7,14,32H2,1-2H3,(H,33,40). The topological polar surface area (TPSA) is 131 Å². The molecule has 4 heterocycles. The lowest BCUT2D eigenvalue weighted by Crippen LogP contribution is -2.41. The van der Waals surface area contributed by atoms with Gasteiger partial charge in [-0.25, -0.2) is 23.2 Å². The molecule has 0 saturated heterocycles. The van der Waals surface area contributed by atoms with Crippen molar-refractivity contribution >= 4 is 28.5 Å². The quantitative estimate of drug-likeness (QED) is 0.270. The Bertz CT molecular complexity index is 1830. The third-order valence-corrected chi connectivity index (χ3v) is 7.16. The van der Waals surface area contributed by atoms with Crippen molar-refractivity contribution in [1.29, 1.82) is 0 Å². The predicted octanol–water partition coefficient (Wildman–Crippen LogP) is 4.64. The van der Waals surface area contributed by atoms with E-state index >= 15 is 0 Å². The van der Waals surface area contributed by atoms with E-state index in [9.17, 15) is 18.4 Å². The number of rotatable bonds is 5. The molecule has 5 aromatic rings. The summed E-state index contributed by atoms with van der Waals surface area (Å²) in [6.45, 7) is 2.83. The fourth-order valence-electron chi connectivity index (χ4n) is 5.00. The van der Waals surface area contributed by atoms with Gasteiger partial charge in [-0.3, -0.25) is 4.79 Å². The Morgan fingerprint density at radius 2 is 1.88 bits per heavy atom. The van der Waals surface area contributed by atoms with Gasteiger partial charge < -0.3 is 25.7 Å².